The van der Waals surface area contributed by atoms with Crippen molar-refractivity contribution in [2.24, 2.45) is 0 Å². The first-order valence-electron chi connectivity index (χ1n) is 5.28. The Bertz CT molecular complexity index is 491. The fourth-order valence-corrected chi connectivity index (χ4v) is 2.66. The lowest BCUT2D eigenvalue weighted by molar-refractivity contribution is -0.137. The predicted molar refractivity (Wildman–Crippen MR) is 67.9 cm³/mol. The van der Waals surface area contributed by atoms with Crippen molar-refractivity contribution in [2.45, 2.75) is 0 Å². The maximum Gasteiger partial charge on any atom is 0.344 e. The van der Waals surface area contributed by atoms with E-state index < -0.39 is 58.8 Å². The van der Waals surface area contributed by atoms with E-state index in [2.05, 4.69) is 0 Å². The second-order valence-corrected chi connectivity index (χ2v) is 7.30. The van der Waals surface area contributed by atoms with E-state index in [9.17, 15) is 23.5 Å². The SMILES string of the molecule is O=C(O)CN(CP(=O)(O)O)C(=O)N(CC(=O)O)CP(=O)(O)O. The van der Waals surface area contributed by atoms with Crippen molar-refractivity contribution in [3.8, 4) is 0 Å². The molecule has 0 aliphatic carbocycles. The van der Waals surface area contributed by atoms with Gasteiger partial charge in [-0.2, -0.15) is 0 Å². The molecule has 0 radical (unpaired) electrons. The van der Waals surface area contributed by atoms with E-state index in [1.54, 1.807) is 0 Å². The average molecular weight is 364 g/mol. The maximum atomic E-state index is 11.9. The highest BCUT2D eigenvalue weighted by atomic mass is 31.2. The van der Waals surface area contributed by atoms with Crippen LogP contribution in [0.1, 0.15) is 0 Å². The highest BCUT2D eigenvalue weighted by molar-refractivity contribution is 7.52. The lowest BCUT2D eigenvalue weighted by atomic mass is 10.5. The van der Waals surface area contributed by atoms with Gasteiger partial charge in [-0.3, -0.25) is 18.7 Å². The summed E-state index contributed by atoms with van der Waals surface area (Å²) in [6, 6.07) is -1.54. The van der Waals surface area contributed by atoms with E-state index in [1.807, 2.05) is 0 Å². The second kappa shape index (κ2) is 7.68. The van der Waals surface area contributed by atoms with Gasteiger partial charge in [-0.15, -0.1) is 0 Å². The number of nitrogens with zero attached hydrogens (tertiary/aromatic N) is 2. The zero-order valence-electron chi connectivity index (χ0n) is 10.8. The molecule has 0 atom stereocenters. The van der Waals surface area contributed by atoms with Crippen LogP contribution < -0.4 is 0 Å². The smallest absolute Gasteiger partial charge is 0.344 e. The van der Waals surface area contributed by atoms with Gasteiger partial charge in [0.05, 0.1) is 0 Å². The van der Waals surface area contributed by atoms with Crippen LogP contribution in [0.3, 0.4) is 0 Å². The molecule has 0 unspecified atom stereocenters. The van der Waals surface area contributed by atoms with Gasteiger partial charge in [0.1, 0.15) is 25.7 Å². The normalized spacial score (nSPS) is 11.8. The van der Waals surface area contributed by atoms with Gasteiger partial charge in [0.25, 0.3) is 0 Å². The van der Waals surface area contributed by atoms with Crippen LogP contribution in [0, 0.1) is 0 Å². The minimum atomic E-state index is -4.88. The summed E-state index contributed by atoms with van der Waals surface area (Å²) >= 11 is 0. The Morgan fingerprint density at radius 2 is 1.00 bits per heavy atom. The van der Waals surface area contributed by atoms with Gasteiger partial charge in [-0.25, -0.2) is 4.79 Å². The Labute approximate surface area is 123 Å². The number of carbonyl (C=O) groups excluding carboxylic acids is 1. The van der Waals surface area contributed by atoms with Crippen LogP contribution in [0.5, 0.6) is 0 Å². The van der Waals surface area contributed by atoms with Crippen LogP contribution in [-0.4, -0.2) is 83.2 Å². The minimum Gasteiger partial charge on any atom is -0.480 e. The van der Waals surface area contributed by atoms with E-state index in [0.717, 1.165) is 0 Å². The lowest BCUT2D eigenvalue weighted by Crippen LogP contribution is -2.47. The molecule has 0 saturated carbocycles. The third kappa shape index (κ3) is 9.45. The zero-order valence-corrected chi connectivity index (χ0v) is 12.6. The maximum absolute atomic E-state index is 11.9. The van der Waals surface area contributed by atoms with Crippen LogP contribution >= 0.6 is 15.2 Å². The summed E-state index contributed by atoms with van der Waals surface area (Å²) in [5, 5.41) is 17.2. The molecule has 13 nitrogen and oxygen atoms in total. The molecule has 0 aromatic rings. The first kappa shape index (κ1) is 20.5. The Balaban J connectivity index is 5.39. The van der Waals surface area contributed by atoms with Gasteiger partial charge in [0, 0.05) is 0 Å². The van der Waals surface area contributed by atoms with Crippen LogP contribution in [0.4, 0.5) is 4.79 Å². The monoisotopic (exact) mass is 364 g/mol. The molecule has 6 N–H and O–H groups in total. The Hall–Kier alpha value is -1.49. The van der Waals surface area contributed by atoms with Gasteiger partial charge in [0.2, 0.25) is 0 Å². The van der Waals surface area contributed by atoms with Crippen molar-refractivity contribution >= 4 is 33.2 Å². The van der Waals surface area contributed by atoms with Crippen LogP contribution in [-0.2, 0) is 18.7 Å². The summed E-state index contributed by atoms with van der Waals surface area (Å²) in [6.07, 6.45) is -2.70. The Morgan fingerprint density at radius 1 is 0.727 bits per heavy atom. The molecule has 0 heterocycles. The molecule has 0 aliphatic rings. The number of carbonyl (C=O) groups is 3. The van der Waals surface area contributed by atoms with E-state index in [0.29, 0.717) is 0 Å². The molecule has 15 heteroatoms. The summed E-state index contributed by atoms with van der Waals surface area (Å²) in [5.41, 5.74) is 0. The molecule has 0 fully saturated rings. The third-order valence-electron chi connectivity index (χ3n) is 1.90. The highest BCUT2D eigenvalue weighted by Crippen LogP contribution is 2.37. The van der Waals surface area contributed by atoms with E-state index >= 15 is 0 Å². The molecule has 0 aromatic heterocycles. The second-order valence-electron chi connectivity index (χ2n) is 4.08. The predicted octanol–water partition coefficient (Wildman–Crippen LogP) is -1.85. The van der Waals surface area contributed by atoms with Crippen LogP contribution in [0.2, 0.25) is 0 Å². The summed E-state index contributed by atoms with van der Waals surface area (Å²) in [6.45, 7) is -2.39. The Kier molecular flexibility index (Phi) is 7.16. The molecule has 0 aliphatic heterocycles. The number of hydrogen-bond donors (Lipinski definition) is 6. The first-order valence-corrected chi connectivity index (χ1v) is 8.87. The molecular formula is C7H14N2O11P2. The lowest BCUT2D eigenvalue weighted by Gasteiger charge is -2.28. The van der Waals surface area contributed by atoms with E-state index in [-0.39, 0.29) is 9.80 Å². The number of aliphatic carboxylic acids is 2. The third-order valence-corrected chi connectivity index (χ3v) is 3.32. The molecule has 0 aromatic carbocycles. The zero-order chi connectivity index (χ0) is 17.7. The summed E-state index contributed by atoms with van der Waals surface area (Å²) < 4.78 is 21.8. The van der Waals surface area contributed by atoms with Crippen molar-refractivity contribution in [3.63, 3.8) is 0 Å². The molecule has 0 rings (SSSR count). The fourth-order valence-electron chi connectivity index (χ4n) is 1.33. The van der Waals surface area contributed by atoms with Gasteiger partial charge < -0.3 is 39.6 Å². The van der Waals surface area contributed by atoms with Gasteiger partial charge in [0.15, 0.2) is 0 Å². The van der Waals surface area contributed by atoms with Crippen molar-refractivity contribution < 1.29 is 53.3 Å². The topological polar surface area (TPSA) is 213 Å². The summed E-state index contributed by atoms with van der Waals surface area (Å²) in [7, 11) is -9.77. The molecule has 0 saturated heterocycles. The molecule has 128 valence electrons. The molecule has 0 bridgehead atoms. The summed E-state index contributed by atoms with van der Waals surface area (Å²) in [5.74, 6) is -3.32. The Morgan fingerprint density at radius 3 is 1.18 bits per heavy atom. The highest BCUT2D eigenvalue weighted by Gasteiger charge is 2.33. The molecular weight excluding hydrogens is 350 g/mol. The van der Waals surface area contributed by atoms with Crippen LogP contribution in [0.25, 0.3) is 0 Å². The molecule has 0 spiro atoms. The minimum absolute atomic E-state index is 0.0850. The standard InChI is InChI=1S/C7H14N2O11P2/c10-5(11)1-8(3-21(15,16)17)7(14)9(2-6(12)13)4-22(18,19)20/h1-4H2,(H,10,11)(H,12,13)(H2,15,16,17)(H2,18,19,20). The van der Waals surface area contributed by atoms with Gasteiger partial charge >= 0.3 is 33.2 Å². The van der Waals surface area contributed by atoms with Crippen molar-refractivity contribution in [1.82, 2.24) is 9.80 Å². The fraction of sp³-hybridized carbons (Fsp3) is 0.571. The van der Waals surface area contributed by atoms with E-state index in [4.69, 9.17) is 29.8 Å². The number of hydrogen-bond acceptors (Lipinski definition) is 5. The quantitative estimate of drug-likeness (QED) is 0.263. The van der Waals surface area contributed by atoms with E-state index in [1.165, 1.54) is 0 Å². The van der Waals surface area contributed by atoms with Gasteiger partial charge in [-0.05, 0) is 0 Å². The molecule has 22 heavy (non-hydrogen) atoms. The largest absolute Gasteiger partial charge is 0.480 e. The number of urea groups is 1. The van der Waals surface area contributed by atoms with Gasteiger partial charge in [-0.1, -0.05) is 0 Å². The number of rotatable bonds is 8. The number of carboxylic acid groups (broad SMARTS) is 2. The first-order chi connectivity index (χ1) is 9.71. The average Bonchev–Trinajstić information content (AvgIpc) is 2.20. The van der Waals surface area contributed by atoms with Crippen molar-refractivity contribution in [3.05, 3.63) is 0 Å². The molecule has 2 amide bonds. The van der Waals surface area contributed by atoms with Crippen LogP contribution in [0.15, 0.2) is 0 Å². The number of amides is 2. The van der Waals surface area contributed by atoms with Crippen molar-refractivity contribution in [1.29, 1.82) is 0 Å². The number of carboxylic acids is 2. The van der Waals surface area contributed by atoms with Crippen molar-refractivity contribution in [2.75, 3.05) is 25.7 Å². The summed E-state index contributed by atoms with van der Waals surface area (Å²) in [4.78, 5) is 68.4.